The smallest absolute Gasteiger partial charge is 0.270 e. The number of carbonyl (C=O) groups excluding carboxylic acids is 1. The second kappa shape index (κ2) is 6.93. The fourth-order valence-corrected chi connectivity index (χ4v) is 3.41. The minimum atomic E-state index is -0.849. The molecule has 2 N–H and O–H groups in total. The van der Waals surface area contributed by atoms with Crippen molar-refractivity contribution in [3.8, 4) is 0 Å². The Morgan fingerprint density at radius 2 is 2.16 bits per heavy atom. The minimum Gasteiger partial charge on any atom is -0.387 e. The molecule has 3 rings (SSSR count). The lowest BCUT2D eigenvalue weighted by Crippen LogP contribution is -2.43. The highest BCUT2D eigenvalue weighted by Gasteiger charge is 2.38. The highest BCUT2D eigenvalue weighted by molar-refractivity contribution is 5.77. The molecule has 2 heterocycles. The lowest BCUT2D eigenvalue weighted by Gasteiger charge is -2.26. The van der Waals surface area contributed by atoms with Crippen molar-refractivity contribution < 1.29 is 9.90 Å². The topological polar surface area (TPSA) is 89.5 Å². The summed E-state index contributed by atoms with van der Waals surface area (Å²) in [5, 5.41) is 10.5. The molecule has 1 aromatic carbocycles. The predicted molar refractivity (Wildman–Crippen MR) is 95.4 cm³/mol. The van der Waals surface area contributed by atoms with Crippen molar-refractivity contribution >= 4 is 16.9 Å². The third kappa shape index (κ3) is 4.05. The molecule has 0 spiro atoms. The van der Waals surface area contributed by atoms with Crippen molar-refractivity contribution in [2.75, 3.05) is 33.7 Å². The third-order valence-electron chi connectivity index (χ3n) is 4.54. The molecular weight excluding hydrogens is 320 g/mol. The number of aromatic nitrogens is 2. The highest BCUT2D eigenvalue weighted by Crippen LogP contribution is 2.22. The molecule has 1 unspecified atom stereocenters. The largest absolute Gasteiger partial charge is 0.387 e. The van der Waals surface area contributed by atoms with Crippen LogP contribution in [0.3, 0.4) is 0 Å². The molecule has 0 saturated carbocycles. The van der Waals surface area contributed by atoms with E-state index in [1.165, 1.54) is 0 Å². The van der Waals surface area contributed by atoms with E-state index < -0.39 is 5.60 Å². The van der Waals surface area contributed by atoms with Crippen LogP contribution in [0.4, 0.5) is 0 Å². The van der Waals surface area contributed by atoms with Gasteiger partial charge in [0.1, 0.15) is 5.69 Å². The Morgan fingerprint density at radius 3 is 2.92 bits per heavy atom. The van der Waals surface area contributed by atoms with E-state index in [1.54, 1.807) is 11.0 Å². The van der Waals surface area contributed by atoms with Gasteiger partial charge in [-0.3, -0.25) is 9.59 Å². The summed E-state index contributed by atoms with van der Waals surface area (Å²) in [6.07, 6.45) is 1.08. The number of H-pyrrole nitrogens is 1. The Hall–Kier alpha value is -2.25. The van der Waals surface area contributed by atoms with Gasteiger partial charge >= 0.3 is 0 Å². The summed E-state index contributed by atoms with van der Waals surface area (Å²) in [4.78, 5) is 35.3. The van der Waals surface area contributed by atoms with E-state index in [9.17, 15) is 14.7 Å². The number of hydrogen-bond acceptors (Lipinski definition) is 5. The van der Waals surface area contributed by atoms with Crippen LogP contribution in [0.1, 0.15) is 18.5 Å². The summed E-state index contributed by atoms with van der Waals surface area (Å²) >= 11 is 0. The molecule has 7 nitrogen and oxygen atoms in total. The molecular formula is C18H24N4O3. The van der Waals surface area contributed by atoms with Crippen molar-refractivity contribution in [1.29, 1.82) is 0 Å². The summed E-state index contributed by atoms with van der Waals surface area (Å²) in [5.41, 5.74) is 0.673. The Labute approximate surface area is 146 Å². The average molecular weight is 344 g/mol. The van der Waals surface area contributed by atoms with Gasteiger partial charge in [0, 0.05) is 25.9 Å². The minimum absolute atomic E-state index is 0.0518. The van der Waals surface area contributed by atoms with Crippen molar-refractivity contribution in [2.24, 2.45) is 0 Å². The zero-order valence-corrected chi connectivity index (χ0v) is 14.7. The van der Waals surface area contributed by atoms with Crippen LogP contribution in [0.2, 0.25) is 0 Å². The van der Waals surface area contributed by atoms with Gasteiger partial charge in [-0.1, -0.05) is 12.1 Å². The summed E-state index contributed by atoms with van der Waals surface area (Å²) in [6, 6.07) is 7.33. The maximum absolute atomic E-state index is 12.4. The number of fused-ring (bicyclic) bond motifs is 1. The Kier molecular flexibility index (Phi) is 4.87. The molecule has 0 aliphatic carbocycles. The van der Waals surface area contributed by atoms with Crippen LogP contribution < -0.4 is 5.56 Å². The van der Waals surface area contributed by atoms with Gasteiger partial charge in [0.05, 0.1) is 23.2 Å². The normalized spacial score (nSPS) is 20.6. The van der Waals surface area contributed by atoms with Gasteiger partial charge in [-0.05, 0) is 32.6 Å². The maximum Gasteiger partial charge on any atom is 0.270 e. The van der Waals surface area contributed by atoms with E-state index in [2.05, 4.69) is 9.97 Å². The lowest BCUT2D eigenvalue weighted by molar-refractivity contribution is -0.131. The number of amides is 1. The number of aromatic amines is 1. The Bertz CT molecular complexity index is 832. The first-order valence-corrected chi connectivity index (χ1v) is 8.49. The molecule has 25 heavy (non-hydrogen) atoms. The molecule has 1 aromatic heterocycles. The van der Waals surface area contributed by atoms with Crippen LogP contribution >= 0.6 is 0 Å². The number of hydrogen-bond donors (Lipinski definition) is 2. The first kappa shape index (κ1) is 17.6. The average Bonchev–Trinajstić information content (AvgIpc) is 2.93. The van der Waals surface area contributed by atoms with E-state index in [4.69, 9.17) is 0 Å². The molecule has 0 bridgehead atoms. The number of β-amino-alcohol motifs (C(OH)–C–C–N with tert-alkyl or cyclic N) is 1. The lowest BCUT2D eigenvalue weighted by atomic mass is 10.0. The SMILES string of the molecule is CN(C)CC1(O)CCN(C(=O)CCc2nc3ccccc3[nH]c2=O)C1. The predicted octanol–water partition coefficient (Wildman–Crippen LogP) is 0.381. The second-order valence-corrected chi connectivity index (χ2v) is 7.06. The van der Waals surface area contributed by atoms with Gasteiger partial charge in [0.25, 0.3) is 5.56 Å². The van der Waals surface area contributed by atoms with E-state index in [1.807, 2.05) is 37.2 Å². The van der Waals surface area contributed by atoms with Crippen LogP contribution in [0, 0.1) is 0 Å². The van der Waals surface area contributed by atoms with Crippen LogP contribution in [0.5, 0.6) is 0 Å². The molecule has 1 atom stereocenters. The van der Waals surface area contributed by atoms with Crippen LogP contribution in [0.25, 0.3) is 11.0 Å². The van der Waals surface area contributed by atoms with Crippen molar-refractivity contribution in [3.63, 3.8) is 0 Å². The van der Waals surface area contributed by atoms with Gasteiger partial charge in [-0.15, -0.1) is 0 Å². The Morgan fingerprint density at radius 1 is 1.40 bits per heavy atom. The standard InChI is InChI=1S/C18H24N4O3/c1-21(2)11-18(25)9-10-22(12-18)16(23)8-7-15-17(24)20-14-6-4-3-5-13(14)19-15/h3-6,25H,7-12H2,1-2H3,(H,20,24). The molecule has 7 heteroatoms. The monoisotopic (exact) mass is 344 g/mol. The number of benzene rings is 1. The van der Waals surface area contributed by atoms with Crippen molar-refractivity contribution in [2.45, 2.75) is 24.9 Å². The van der Waals surface area contributed by atoms with Gasteiger partial charge < -0.3 is 19.9 Å². The van der Waals surface area contributed by atoms with E-state index >= 15 is 0 Å². The number of carbonyl (C=O) groups is 1. The quantitative estimate of drug-likeness (QED) is 0.819. The molecule has 1 aliphatic heterocycles. The number of likely N-dealkylation sites (N-methyl/N-ethyl adjacent to an activating group) is 1. The van der Waals surface area contributed by atoms with Crippen LogP contribution in [-0.2, 0) is 11.2 Å². The first-order chi connectivity index (χ1) is 11.9. The summed E-state index contributed by atoms with van der Waals surface area (Å²) in [6.45, 7) is 1.42. The van der Waals surface area contributed by atoms with Crippen LogP contribution in [-0.4, -0.2) is 70.1 Å². The van der Waals surface area contributed by atoms with Gasteiger partial charge in [0.15, 0.2) is 0 Å². The number of aliphatic hydroxyl groups is 1. The molecule has 1 saturated heterocycles. The molecule has 2 aromatic rings. The third-order valence-corrected chi connectivity index (χ3v) is 4.54. The fourth-order valence-electron chi connectivity index (χ4n) is 3.41. The number of likely N-dealkylation sites (tertiary alicyclic amines) is 1. The van der Waals surface area contributed by atoms with Crippen molar-refractivity contribution in [3.05, 3.63) is 40.3 Å². The second-order valence-electron chi connectivity index (χ2n) is 7.06. The van der Waals surface area contributed by atoms with Gasteiger partial charge in [-0.25, -0.2) is 4.98 Å². The van der Waals surface area contributed by atoms with Gasteiger partial charge in [0.2, 0.25) is 5.91 Å². The van der Waals surface area contributed by atoms with E-state index in [0.29, 0.717) is 49.2 Å². The first-order valence-electron chi connectivity index (χ1n) is 8.49. The number of aryl methyl sites for hydroxylation is 1. The summed E-state index contributed by atoms with van der Waals surface area (Å²) < 4.78 is 0. The molecule has 0 radical (unpaired) electrons. The molecule has 1 aliphatic rings. The zero-order valence-electron chi connectivity index (χ0n) is 14.7. The molecule has 134 valence electrons. The molecule has 1 fully saturated rings. The highest BCUT2D eigenvalue weighted by atomic mass is 16.3. The number of para-hydroxylation sites is 2. The van der Waals surface area contributed by atoms with Gasteiger partial charge in [-0.2, -0.15) is 0 Å². The zero-order chi connectivity index (χ0) is 18.0. The Balaban J connectivity index is 1.63. The number of rotatable bonds is 5. The number of nitrogens with zero attached hydrogens (tertiary/aromatic N) is 3. The van der Waals surface area contributed by atoms with E-state index in [0.717, 1.165) is 0 Å². The summed E-state index contributed by atoms with van der Waals surface area (Å²) in [7, 11) is 3.81. The van der Waals surface area contributed by atoms with Crippen LogP contribution in [0.15, 0.2) is 29.1 Å². The molecule has 1 amide bonds. The van der Waals surface area contributed by atoms with Crippen molar-refractivity contribution in [1.82, 2.24) is 19.8 Å². The fraction of sp³-hybridized carbons (Fsp3) is 0.500. The maximum atomic E-state index is 12.4. The summed E-state index contributed by atoms with van der Waals surface area (Å²) in [5.74, 6) is -0.0518. The number of nitrogens with one attached hydrogen (secondary N) is 1. The van der Waals surface area contributed by atoms with E-state index in [-0.39, 0.29) is 17.9 Å².